The lowest BCUT2D eigenvalue weighted by Crippen LogP contribution is -2.46. The van der Waals surface area contributed by atoms with E-state index < -0.39 is 59.5 Å². The normalized spacial score (nSPS) is 17.6. The maximum Gasteiger partial charge on any atom is 0.421 e. The number of carbonyl (C=O) groups excluding carboxylic acids is 2. The summed E-state index contributed by atoms with van der Waals surface area (Å²) >= 11 is 0. The Morgan fingerprint density at radius 1 is 0.900 bits per heavy atom. The highest BCUT2D eigenvalue weighted by atomic mass is 32.3. The van der Waals surface area contributed by atoms with Crippen LogP contribution >= 0.6 is 0 Å². The number of carbonyl (C=O) groups is 2. The zero-order chi connectivity index (χ0) is 29.5. The van der Waals surface area contributed by atoms with Gasteiger partial charge in [-0.3, -0.25) is 4.79 Å². The Bertz CT molecular complexity index is 1580. The first-order valence-corrected chi connectivity index (χ1v) is 15.2. The van der Waals surface area contributed by atoms with Gasteiger partial charge < -0.3 is 9.47 Å². The third kappa shape index (κ3) is 5.20. The molecule has 0 saturated carbocycles. The first-order valence-electron chi connectivity index (χ1n) is 12.2. The Labute approximate surface area is 232 Å². The molecule has 1 heterocycles. The van der Waals surface area contributed by atoms with Crippen molar-refractivity contribution >= 4 is 37.4 Å². The highest BCUT2D eigenvalue weighted by Crippen LogP contribution is 2.49. The van der Waals surface area contributed by atoms with Crippen LogP contribution in [0.25, 0.3) is 0 Å². The molecular formula is C28H28FNO8S2. The largest absolute Gasteiger partial charge is 0.497 e. The number of fused-ring (bicyclic) bond motifs is 1. The third-order valence-electron chi connectivity index (χ3n) is 6.27. The molecule has 2 amide bonds. The number of imide groups is 1. The number of nitrogens with zero attached hydrogens (tertiary/aromatic N) is 1. The highest BCUT2D eigenvalue weighted by Gasteiger charge is 2.59. The molecule has 40 heavy (non-hydrogen) atoms. The van der Waals surface area contributed by atoms with Crippen molar-refractivity contribution in [2.24, 2.45) is 0 Å². The number of hydrogen-bond donors (Lipinski definition) is 0. The van der Waals surface area contributed by atoms with E-state index in [1.54, 1.807) is 20.8 Å². The van der Waals surface area contributed by atoms with E-state index in [1.807, 2.05) is 0 Å². The summed E-state index contributed by atoms with van der Waals surface area (Å²) in [4.78, 5) is 26.5. The summed E-state index contributed by atoms with van der Waals surface area (Å²) in [5.41, 5.74) is -4.94. The second kappa shape index (κ2) is 10.3. The fourth-order valence-electron chi connectivity index (χ4n) is 4.38. The minimum atomic E-state index is -4.79. The van der Waals surface area contributed by atoms with Gasteiger partial charge in [-0.2, -0.15) is 0 Å². The SMILES string of the molecule is COc1ccc2c(c1)[C@@](F)(CC(S(=O)(=O)c1ccccc1)S(=O)(=O)c1ccccc1)C(=O)N2C(=O)OC(C)(C)C. The fraction of sp³-hybridized carbons (Fsp3) is 0.286. The van der Waals surface area contributed by atoms with Gasteiger partial charge in [-0.15, -0.1) is 0 Å². The van der Waals surface area contributed by atoms with Gasteiger partial charge in [0, 0.05) is 12.0 Å². The van der Waals surface area contributed by atoms with Gasteiger partial charge in [0.1, 0.15) is 11.4 Å². The molecule has 0 N–H and O–H groups in total. The van der Waals surface area contributed by atoms with E-state index in [9.17, 15) is 26.4 Å². The van der Waals surface area contributed by atoms with Gasteiger partial charge in [-0.25, -0.2) is 30.9 Å². The number of benzene rings is 3. The van der Waals surface area contributed by atoms with Crippen molar-refractivity contribution in [3.63, 3.8) is 0 Å². The van der Waals surface area contributed by atoms with Gasteiger partial charge in [-0.05, 0) is 63.2 Å². The zero-order valence-corrected chi connectivity index (χ0v) is 23.8. The van der Waals surface area contributed by atoms with Crippen molar-refractivity contribution in [2.75, 3.05) is 12.0 Å². The number of methoxy groups -OCH3 is 1. The first-order chi connectivity index (χ1) is 18.6. The van der Waals surface area contributed by atoms with E-state index in [0.29, 0.717) is 4.90 Å². The number of sulfone groups is 2. The molecule has 0 saturated heterocycles. The van der Waals surface area contributed by atoms with Crippen molar-refractivity contribution in [3.8, 4) is 5.75 Å². The van der Waals surface area contributed by atoms with Gasteiger partial charge in [0.05, 0.1) is 22.6 Å². The van der Waals surface area contributed by atoms with Crippen LogP contribution in [0.2, 0.25) is 0 Å². The zero-order valence-electron chi connectivity index (χ0n) is 22.2. The van der Waals surface area contributed by atoms with Crippen LogP contribution in [0.3, 0.4) is 0 Å². The van der Waals surface area contributed by atoms with Crippen LogP contribution < -0.4 is 9.64 Å². The Hall–Kier alpha value is -3.77. The predicted octanol–water partition coefficient (Wildman–Crippen LogP) is 4.81. The van der Waals surface area contributed by atoms with E-state index >= 15 is 4.39 Å². The Morgan fingerprint density at radius 2 is 1.40 bits per heavy atom. The van der Waals surface area contributed by atoms with Crippen LogP contribution in [0, 0.1) is 0 Å². The third-order valence-corrected chi connectivity index (χ3v) is 11.4. The summed E-state index contributed by atoms with van der Waals surface area (Å²) in [7, 11) is -8.28. The molecule has 0 aliphatic carbocycles. The summed E-state index contributed by atoms with van der Waals surface area (Å²) in [6.45, 7) is 4.66. The van der Waals surface area contributed by atoms with Gasteiger partial charge in [0.15, 0.2) is 24.3 Å². The van der Waals surface area contributed by atoms with Crippen LogP contribution in [-0.2, 0) is 34.9 Å². The molecule has 12 heteroatoms. The minimum Gasteiger partial charge on any atom is -0.497 e. The average Bonchev–Trinajstić information content (AvgIpc) is 3.13. The van der Waals surface area contributed by atoms with Crippen molar-refractivity contribution in [2.45, 2.75) is 52.8 Å². The lowest BCUT2D eigenvalue weighted by Gasteiger charge is -2.27. The quantitative estimate of drug-likeness (QED) is 0.385. The minimum absolute atomic E-state index is 0.105. The summed E-state index contributed by atoms with van der Waals surface area (Å²) < 4.78 is 80.6. The number of amides is 2. The molecule has 3 aromatic rings. The van der Waals surface area contributed by atoms with Gasteiger partial charge in [-0.1, -0.05) is 36.4 Å². The monoisotopic (exact) mass is 589 g/mol. The van der Waals surface area contributed by atoms with Gasteiger partial charge in [0.25, 0.3) is 5.91 Å². The predicted molar refractivity (Wildman–Crippen MR) is 145 cm³/mol. The molecule has 0 unspecified atom stereocenters. The topological polar surface area (TPSA) is 124 Å². The Balaban J connectivity index is 1.93. The second-order valence-corrected chi connectivity index (χ2v) is 14.7. The molecule has 3 aromatic carbocycles. The first kappa shape index (κ1) is 29.2. The Morgan fingerprint density at radius 3 is 1.85 bits per heavy atom. The molecule has 0 radical (unpaired) electrons. The number of hydrogen-bond acceptors (Lipinski definition) is 8. The summed E-state index contributed by atoms with van der Waals surface area (Å²) in [5.74, 6) is -1.37. The summed E-state index contributed by atoms with van der Waals surface area (Å²) in [5, 5.41) is 0. The summed E-state index contributed by atoms with van der Waals surface area (Å²) in [6, 6.07) is 17.2. The molecule has 1 aliphatic heterocycles. The molecule has 0 spiro atoms. The maximum absolute atomic E-state index is 17.2. The standard InChI is InChI=1S/C28H28FNO8S2/c1-27(2,3)38-26(32)30-23-16-15-19(37-4)17-22(23)28(29,25(30)31)18-24(39(33,34)20-11-7-5-8-12-20)40(35,36)21-13-9-6-10-14-21/h5-17,24H,18H2,1-4H3/t28-/m0/s1. The number of halogens is 1. The van der Waals surface area contributed by atoms with E-state index in [0.717, 1.165) is 6.07 Å². The van der Waals surface area contributed by atoms with Gasteiger partial charge >= 0.3 is 6.09 Å². The molecule has 0 bridgehead atoms. The molecule has 1 atom stereocenters. The molecule has 0 aromatic heterocycles. The molecule has 0 fully saturated rings. The van der Waals surface area contributed by atoms with Crippen molar-refractivity contribution < 1.29 is 40.3 Å². The summed E-state index contributed by atoms with van der Waals surface area (Å²) in [6.07, 6.45) is -2.53. The fourth-order valence-corrected chi connectivity index (χ4v) is 8.96. The maximum atomic E-state index is 17.2. The molecule has 4 rings (SSSR count). The average molecular weight is 590 g/mol. The number of ether oxygens (including phenoxy) is 2. The van der Waals surface area contributed by atoms with Gasteiger partial charge in [0.2, 0.25) is 5.67 Å². The van der Waals surface area contributed by atoms with Crippen molar-refractivity contribution in [1.29, 1.82) is 0 Å². The van der Waals surface area contributed by atoms with Crippen molar-refractivity contribution in [3.05, 3.63) is 84.4 Å². The molecule has 1 aliphatic rings. The van der Waals surface area contributed by atoms with E-state index in [2.05, 4.69) is 0 Å². The lowest BCUT2D eigenvalue weighted by molar-refractivity contribution is -0.129. The van der Waals surface area contributed by atoms with E-state index in [1.165, 1.54) is 79.9 Å². The lowest BCUT2D eigenvalue weighted by atomic mass is 9.94. The van der Waals surface area contributed by atoms with Crippen LogP contribution in [0.15, 0.2) is 88.7 Å². The second-order valence-electron chi connectivity index (χ2n) is 10.2. The number of rotatable bonds is 7. The van der Waals surface area contributed by atoms with Crippen molar-refractivity contribution in [1.82, 2.24) is 0 Å². The Kier molecular flexibility index (Phi) is 7.54. The smallest absolute Gasteiger partial charge is 0.421 e. The van der Waals surface area contributed by atoms with Crippen LogP contribution in [0.4, 0.5) is 14.9 Å². The molecule has 212 valence electrons. The molecular weight excluding hydrogens is 561 g/mol. The number of anilines is 1. The van der Waals surface area contributed by atoms with Crippen LogP contribution in [0.5, 0.6) is 5.75 Å². The van der Waals surface area contributed by atoms with Crippen LogP contribution in [0.1, 0.15) is 32.8 Å². The highest BCUT2D eigenvalue weighted by molar-refractivity contribution is 8.09. The molecule has 9 nitrogen and oxygen atoms in total. The van der Waals surface area contributed by atoms with Crippen LogP contribution in [-0.4, -0.2) is 46.1 Å². The number of alkyl halides is 1. The van der Waals surface area contributed by atoms with E-state index in [-0.39, 0.29) is 21.2 Å². The van der Waals surface area contributed by atoms with E-state index in [4.69, 9.17) is 9.47 Å².